The molecule has 0 aliphatic rings. The number of fused-ring (bicyclic) bond motifs is 1. The Morgan fingerprint density at radius 2 is 1.54 bits per heavy atom. The Morgan fingerprint density at radius 3 is 2.18 bits per heavy atom. The highest BCUT2D eigenvalue weighted by Crippen LogP contribution is 2.15. The highest BCUT2D eigenvalue weighted by molar-refractivity contribution is 5.91. The molecule has 4 aromatic rings. The number of aromatic nitrogens is 4. The van der Waals surface area contributed by atoms with Gasteiger partial charge in [0.15, 0.2) is 5.82 Å². The maximum Gasteiger partial charge on any atom is 0.329 e. The quantitative estimate of drug-likeness (QED) is 0.583. The van der Waals surface area contributed by atoms with Gasteiger partial charge in [0.05, 0.1) is 29.1 Å². The molecular weight excluding hydrogens is 354 g/mol. The highest BCUT2D eigenvalue weighted by atomic mass is 16.2. The van der Waals surface area contributed by atoms with Crippen LogP contribution in [-0.4, -0.2) is 25.0 Å². The Hall–Kier alpha value is -3.74. The molecule has 1 N–H and O–H groups in total. The second-order valence-electron chi connectivity index (χ2n) is 6.31. The van der Waals surface area contributed by atoms with Crippen LogP contribution < -0.4 is 11.0 Å². The monoisotopic (exact) mass is 373 g/mol. The number of anilines is 1. The van der Waals surface area contributed by atoms with Crippen LogP contribution in [0, 0.1) is 0 Å². The largest absolute Gasteiger partial charge is 0.329 e. The summed E-state index contributed by atoms with van der Waals surface area (Å²) in [7, 11) is 0. The fraction of sp³-hybridized carbons (Fsp3) is 0.143. The molecule has 0 saturated carbocycles. The van der Waals surface area contributed by atoms with E-state index in [9.17, 15) is 9.59 Å². The summed E-state index contributed by atoms with van der Waals surface area (Å²) in [6.45, 7) is 2.37. The van der Waals surface area contributed by atoms with Crippen molar-refractivity contribution in [2.75, 3.05) is 5.32 Å². The first kappa shape index (κ1) is 17.7. The molecule has 2 aromatic carbocycles. The normalized spacial score (nSPS) is 10.9. The van der Waals surface area contributed by atoms with E-state index in [2.05, 4.69) is 15.3 Å². The van der Waals surface area contributed by atoms with Crippen LogP contribution in [0.1, 0.15) is 6.92 Å². The van der Waals surface area contributed by atoms with E-state index in [1.165, 1.54) is 4.57 Å². The maximum absolute atomic E-state index is 12.6. The molecule has 7 nitrogen and oxygen atoms in total. The average Bonchev–Trinajstić information content (AvgIpc) is 3.00. The Morgan fingerprint density at radius 1 is 0.929 bits per heavy atom. The van der Waals surface area contributed by atoms with Crippen LogP contribution in [0.5, 0.6) is 0 Å². The van der Waals surface area contributed by atoms with Gasteiger partial charge in [0.25, 0.3) is 0 Å². The summed E-state index contributed by atoms with van der Waals surface area (Å²) in [6, 6.07) is 17.1. The molecule has 0 radical (unpaired) electrons. The van der Waals surface area contributed by atoms with E-state index in [-0.39, 0.29) is 18.1 Å². The van der Waals surface area contributed by atoms with Gasteiger partial charge in [0.2, 0.25) is 5.91 Å². The molecule has 1 amide bonds. The molecule has 0 saturated heterocycles. The number of aryl methyl sites for hydroxylation is 1. The number of para-hydroxylation sites is 2. The molecule has 140 valence electrons. The molecule has 28 heavy (non-hydrogen) atoms. The molecule has 0 bridgehead atoms. The second kappa shape index (κ2) is 7.48. The highest BCUT2D eigenvalue weighted by Gasteiger charge is 2.14. The van der Waals surface area contributed by atoms with E-state index in [1.54, 1.807) is 17.0 Å². The van der Waals surface area contributed by atoms with Crippen molar-refractivity contribution in [3.05, 3.63) is 77.5 Å². The third-order valence-corrected chi connectivity index (χ3v) is 4.51. The van der Waals surface area contributed by atoms with Crippen molar-refractivity contribution < 1.29 is 4.79 Å². The first-order chi connectivity index (χ1) is 13.7. The van der Waals surface area contributed by atoms with Gasteiger partial charge in [-0.3, -0.25) is 13.9 Å². The predicted octanol–water partition coefficient (Wildman–Crippen LogP) is 2.92. The maximum atomic E-state index is 12.6. The number of carbonyl (C=O) groups is 1. The topological polar surface area (TPSA) is 81.8 Å². The summed E-state index contributed by atoms with van der Waals surface area (Å²) in [6.07, 6.45) is 3.12. The number of carbonyl (C=O) groups excluding carboxylic acids is 1. The second-order valence-corrected chi connectivity index (χ2v) is 6.31. The molecule has 0 atom stereocenters. The number of rotatable bonds is 5. The summed E-state index contributed by atoms with van der Waals surface area (Å²) in [5.74, 6) is 0.276. The number of hydrogen-bond donors (Lipinski definition) is 1. The summed E-state index contributed by atoms with van der Waals surface area (Å²) in [4.78, 5) is 33.7. The van der Waals surface area contributed by atoms with E-state index in [4.69, 9.17) is 0 Å². The van der Waals surface area contributed by atoms with Gasteiger partial charge in [-0.2, -0.15) is 0 Å². The van der Waals surface area contributed by atoms with Gasteiger partial charge in [0.1, 0.15) is 6.54 Å². The van der Waals surface area contributed by atoms with E-state index in [0.717, 1.165) is 16.6 Å². The van der Waals surface area contributed by atoms with Gasteiger partial charge >= 0.3 is 5.69 Å². The Balaban J connectivity index is 1.53. The number of nitrogens with zero attached hydrogens (tertiary/aromatic N) is 4. The predicted molar refractivity (Wildman–Crippen MR) is 108 cm³/mol. The molecular formula is C21H19N5O2. The van der Waals surface area contributed by atoms with Crippen LogP contribution in [0.3, 0.4) is 0 Å². The number of hydrogen-bond acceptors (Lipinski definition) is 4. The first-order valence-electron chi connectivity index (χ1n) is 9.02. The van der Waals surface area contributed by atoms with E-state index >= 15 is 0 Å². The van der Waals surface area contributed by atoms with Gasteiger partial charge in [-0.05, 0) is 19.1 Å². The molecule has 0 unspecified atom stereocenters. The summed E-state index contributed by atoms with van der Waals surface area (Å²) in [5.41, 5.74) is 2.74. The van der Waals surface area contributed by atoms with Crippen molar-refractivity contribution in [3.8, 4) is 11.4 Å². The minimum Gasteiger partial charge on any atom is -0.322 e. The Kier molecular flexibility index (Phi) is 4.72. The van der Waals surface area contributed by atoms with Gasteiger partial charge in [-0.1, -0.05) is 42.5 Å². The van der Waals surface area contributed by atoms with Gasteiger partial charge in [0, 0.05) is 12.1 Å². The standard InChI is InChI=1S/C21H19N5O2/c1-2-25-17-10-6-7-11-18(17)26(21(25)28)14-19(27)24-16-12-22-20(23-13-16)15-8-4-3-5-9-15/h3-13H,2,14H2,1H3,(H,24,27). The van der Waals surface area contributed by atoms with Crippen LogP contribution in [0.15, 0.2) is 71.8 Å². The zero-order valence-corrected chi connectivity index (χ0v) is 15.4. The number of nitrogens with one attached hydrogen (secondary N) is 1. The summed E-state index contributed by atoms with van der Waals surface area (Å²) >= 11 is 0. The van der Waals surface area contributed by atoms with Gasteiger partial charge in [-0.25, -0.2) is 14.8 Å². The Bertz CT molecular complexity index is 1180. The fourth-order valence-corrected chi connectivity index (χ4v) is 3.20. The van der Waals surface area contributed by atoms with E-state index in [0.29, 0.717) is 18.1 Å². The molecule has 0 aliphatic heterocycles. The number of imidazole rings is 1. The van der Waals surface area contributed by atoms with Crippen molar-refractivity contribution in [2.45, 2.75) is 20.0 Å². The summed E-state index contributed by atoms with van der Waals surface area (Å²) in [5, 5.41) is 2.76. The van der Waals surface area contributed by atoms with Crippen LogP contribution in [-0.2, 0) is 17.9 Å². The van der Waals surface area contributed by atoms with Crippen molar-refractivity contribution in [1.29, 1.82) is 0 Å². The van der Waals surface area contributed by atoms with Crippen molar-refractivity contribution >= 4 is 22.6 Å². The fourth-order valence-electron chi connectivity index (χ4n) is 3.20. The minimum atomic E-state index is -0.308. The smallest absolute Gasteiger partial charge is 0.322 e. The van der Waals surface area contributed by atoms with Crippen molar-refractivity contribution in [2.24, 2.45) is 0 Å². The van der Waals surface area contributed by atoms with Crippen LogP contribution in [0.2, 0.25) is 0 Å². The van der Waals surface area contributed by atoms with Crippen molar-refractivity contribution in [1.82, 2.24) is 19.1 Å². The van der Waals surface area contributed by atoms with Crippen LogP contribution >= 0.6 is 0 Å². The third-order valence-electron chi connectivity index (χ3n) is 4.51. The molecule has 0 fully saturated rings. The molecule has 0 aliphatic carbocycles. The lowest BCUT2D eigenvalue weighted by molar-refractivity contribution is -0.116. The molecule has 0 spiro atoms. The molecule has 4 rings (SSSR count). The van der Waals surface area contributed by atoms with E-state index < -0.39 is 0 Å². The SMILES string of the molecule is CCn1c(=O)n(CC(=O)Nc2cnc(-c3ccccc3)nc2)c2ccccc21. The molecule has 7 heteroatoms. The van der Waals surface area contributed by atoms with Crippen LogP contribution in [0.4, 0.5) is 5.69 Å². The summed E-state index contributed by atoms with van der Waals surface area (Å²) < 4.78 is 3.13. The minimum absolute atomic E-state index is 0.0766. The van der Waals surface area contributed by atoms with E-state index in [1.807, 2.05) is 61.5 Å². The number of benzene rings is 2. The lowest BCUT2D eigenvalue weighted by atomic mass is 10.2. The van der Waals surface area contributed by atoms with Crippen molar-refractivity contribution in [3.63, 3.8) is 0 Å². The lowest BCUT2D eigenvalue weighted by Crippen LogP contribution is -2.29. The molecule has 2 heterocycles. The number of amides is 1. The third kappa shape index (κ3) is 3.29. The van der Waals surface area contributed by atoms with Gasteiger partial charge < -0.3 is 5.32 Å². The Labute approximate surface area is 161 Å². The van der Waals surface area contributed by atoms with Crippen LogP contribution in [0.25, 0.3) is 22.4 Å². The zero-order chi connectivity index (χ0) is 19.5. The zero-order valence-electron chi connectivity index (χ0n) is 15.4. The average molecular weight is 373 g/mol. The lowest BCUT2D eigenvalue weighted by Gasteiger charge is -2.06. The van der Waals surface area contributed by atoms with Gasteiger partial charge in [-0.15, -0.1) is 0 Å². The first-order valence-corrected chi connectivity index (χ1v) is 9.02. The molecule has 2 aromatic heterocycles.